The number of hydrogen-bond donors (Lipinski definition) is 1. The van der Waals surface area contributed by atoms with Gasteiger partial charge < -0.3 is 5.73 Å². The van der Waals surface area contributed by atoms with Crippen LogP contribution in [0.25, 0.3) is 0 Å². The van der Waals surface area contributed by atoms with E-state index >= 15 is 0 Å². The molecule has 0 bridgehead atoms. The van der Waals surface area contributed by atoms with Gasteiger partial charge >= 0.3 is 0 Å². The Balaban J connectivity index is 2.16. The maximum Gasteiger partial charge on any atom is 0.263 e. The summed E-state index contributed by atoms with van der Waals surface area (Å²) in [5.74, 6) is 0.629. The number of nitrogens with zero attached hydrogens (tertiary/aromatic N) is 1. The number of nitrogens with two attached hydrogens (primary N) is 1. The van der Waals surface area contributed by atoms with Crippen molar-refractivity contribution < 1.29 is 8.78 Å². The average Bonchev–Trinajstić information content (AvgIpc) is 2.89. The van der Waals surface area contributed by atoms with Crippen molar-refractivity contribution in [2.45, 2.75) is 39.7 Å². The van der Waals surface area contributed by atoms with Crippen molar-refractivity contribution in [3.05, 3.63) is 35.4 Å². The lowest BCUT2D eigenvalue weighted by Gasteiger charge is -2.30. The van der Waals surface area contributed by atoms with Gasteiger partial charge in [0.2, 0.25) is 0 Å². The monoisotopic (exact) mass is 296 g/mol. The predicted octanol–water partition coefficient (Wildman–Crippen LogP) is 3.99. The highest BCUT2D eigenvalue weighted by atomic mass is 19.3. The Morgan fingerprint density at radius 3 is 2.48 bits per heavy atom. The van der Waals surface area contributed by atoms with Crippen LogP contribution < -0.4 is 5.73 Å². The minimum Gasteiger partial charge on any atom is -0.329 e. The first-order chi connectivity index (χ1) is 9.82. The summed E-state index contributed by atoms with van der Waals surface area (Å²) in [6.07, 6.45) is -1.28. The molecule has 0 aromatic heterocycles. The smallest absolute Gasteiger partial charge is 0.263 e. The molecule has 118 valence electrons. The molecule has 1 aromatic rings. The molecule has 2 nitrogen and oxygen atoms in total. The van der Waals surface area contributed by atoms with Crippen molar-refractivity contribution >= 4 is 0 Å². The highest BCUT2D eigenvalue weighted by Gasteiger charge is 2.34. The van der Waals surface area contributed by atoms with Crippen molar-refractivity contribution in [3.8, 4) is 0 Å². The number of halogens is 2. The van der Waals surface area contributed by atoms with Gasteiger partial charge in [-0.25, -0.2) is 8.78 Å². The van der Waals surface area contributed by atoms with Crippen LogP contribution in [0.4, 0.5) is 8.78 Å². The van der Waals surface area contributed by atoms with Gasteiger partial charge in [-0.1, -0.05) is 39.0 Å². The van der Waals surface area contributed by atoms with Crippen molar-refractivity contribution in [2.75, 3.05) is 19.6 Å². The van der Waals surface area contributed by atoms with Gasteiger partial charge in [0.05, 0.1) is 0 Å². The summed E-state index contributed by atoms with van der Waals surface area (Å²) in [5, 5.41) is 0. The van der Waals surface area contributed by atoms with Crippen LogP contribution in [0.5, 0.6) is 0 Å². The van der Waals surface area contributed by atoms with E-state index in [2.05, 4.69) is 25.7 Å². The second-order valence-corrected chi connectivity index (χ2v) is 7.07. The molecule has 1 fully saturated rings. The van der Waals surface area contributed by atoms with E-state index in [-0.39, 0.29) is 17.0 Å². The Kier molecular flexibility index (Phi) is 4.99. The van der Waals surface area contributed by atoms with E-state index < -0.39 is 6.43 Å². The fourth-order valence-electron chi connectivity index (χ4n) is 3.18. The Bertz CT molecular complexity index is 468. The second-order valence-electron chi connectivity index (χ2n) is 7.07. The molecule has 2 atom stereocenters. The van der Waals surface area contributed by atoms with E-state index in [4.69, 9.17) is 5.73 Å². The number of hydrogen-bond acceptors (Lipinski definition) is 2. The fraction of sp³-hybridized carbons (Fsp3) is 0.647. The lowest BCUT2D eigenvalue weighted by atomic mass is 9.80. The van der Waals surface area contributed by atoms with Crippen LogP contribution in [0, 0.1) is 11.3 Å². The van der Waals surface area contributed by atoms with Gasteiger partial charge in [-0.15, -0.1) is 0 Å². The first-order valence-electron chi connectivity index (χ1n) is 7.65. The lowest BCUT2D eigenvalue weighted by Crippen LogP contribution is -2.33. The minimum atomic E-state index is -2.43. The van der Waals surface area contributed by atoms with Crippen LogP contribution >= 0.6 is 0 Å². The molecule has 0 radical (unpaired) electrons. The summed E-state index contributed by atoms with van der Waals surface area (Å²) < 4.78 is 25.7. The van der Waals surface area contributed by atoms with E-state index in [1.54, 1.807) is 12.1 Å². The molecule has 1 aliphatic rings. The summed E-state index contributed by atoms with van der Waals surface area (Å²) in [5.41, 5.74) is 7.20. The molecule has 1 heterocycles. The van der Waals surface area contributed by atoms with E-state index in [0.717, 1.165) is 25.1 Å². The normalized spacial score (nSPS) is 22.0. The van der Waals surface area contributed by atoms with Crippen LogP contribution in [0.2, 0.25) is 0 Å². The maximum atomic E-state index is 12.9. The summed E-state index contributed by atoms with van der Waals surface area (Å²) in [4.78, 5) is 2.35. The minimum absolute atomic E-state index is 0.0380. The van der Waals surface area contributed by atoms with Gasteiger partial charge in [0.15, 0.2) is 0 Å². The van der Waals surface area contributed by atoms with E-state index in [1.807, 2.05) is 6.07 Å². The summed E-state index contributed by atoms with van der Waals surface area (Å²) >= 11 is 0. The summed E-state index contributed by atoms with van der Waals surface area (Å²) in [6, 6.07) is 6.73. The number of alkyl halides is 2. The van der Waals surface area contributed by atoms with Gasteiger partial charge in [0, 0.05) is 24.7 Å². The van der Waals surface area contributed by atoms with Crippen LogP contribution in [-0.2, 0) is 0 Å². The zero-order valence-electron chi connectivity index (χ0n) is 13.2. The highest BCUT2D eigenvalue weighted by Crippen LogP contribution is 2.37. The predicted molar refractivity (Wildman–Crippen MR) is 82.3 cm³/mol. The molecule has 2 N–H and O–H groups in total. The quantitative estimate of drug-likeness (QED) is 0.910. The molecule has 2 rings (SSSR count). The Morgan fingerprint density at radius 1 is 1.29 bits per heavy atom. The third kappa shape index (κ3) is 3.80. The first-order valence-corrected chi connectivity index (χ1v) is 7.65. The van der Waals surface area contributed by atoms with Crippen molar-refractivity contribution in [3.63, 3.8) is 0 Å². The van der Waals surface area contributed by atoms with Crippen LogP contribution in [0.3, 0.4) is 0 Å². The van der Waals surface area contributed by atoms with Crippen molar-refractivity contribution in [2.24, 2.45) is 17.1 Å². The molecular formula is C17H26F2N2. The maximum absolute atomic E-state index is 12.9. The second kappa shape index (κ2) is 6.41. The zero-order valence-corrected chi connectivity index (χ0v) is 13.2. The molecule has 0 saturated carbocycles. The van der Waals surface area contributed by atoms with Gasteiger partial charge in [-0.05, 0) is 35.9 Å². The Morgan fingerprint density at radius 2 is 1.95 bits per heavy atom. The molecule has 1 aliphatic heterocycles. The average molecular weight is 296 g/mol. The SMILES string of the molecule is CC(C)(C)C1CCN(C(CN)c2cccc(C(F)F)c2)C1. The molecule has 0 aliphatic carbocycles. The standard InChI is InChI=1S/C17H26F2N2/c1-17(2,3)14-7-8-21(11-14)15(10-20)12-5-4-6-13(9-12)16(18)19/h4-6,9,14-16H,7-8,10-11,20H2,1-3H3. The number of benzene rings is 1. The van der Waals surface area contributed by atoms with Gasteiger partial charge in [-0.3, -0.25) is 4.90 Å². The zero-order chi connectivity index (χ0) is 15.6. The van der Waals surface area contributed by atoms with Crippen LogP contribution in [0.1, 0.15) is 50.8 Å². The Labute approximate surface area is 126 Å². The van der Waals surface area contributed by atoms with E-state index in [0.29, 0.717) is 12.5 Å². The molecular weight excluding hydrogens is 270 g/mol. The molecule has 0 spiro atoms. The molecule has 1 aromatic carbocycles. The number of likely N-dealkylation sites (tertiary alicyclic amines) is 1. The first kappa shape index (κ1) is 16.4. The number of rotatable bonds is 4. The highest BCUT2D eigenvalue weighted by molar-refractivity contribution is 5.27. The summed E-state index contributed by atoms with van der Waals surface area (Å²) in [7, 11) is 0. The fourth-order valence-corrected chi connectivity index (χ4v) is 3.18. The van der Waals surface area contributed by atoms with Crippen molar-refractivity contribution in [1.82, 2.24) is 4.90 Å². The molecule has 1 saturated heterocycles. The molecule has 21 heavy (non-hydrogen) atoms. The van der Waals surface area contributed by atoms with E-state index in [9.17, 15) is 8.78 Å². The van der Waals surface area contributed by atoms with Crippen molar-refractivity contribution in [1.29, 1.82) is 0 Å². The Hall–Kier alpha value is -1.00. The summed E-state index contributed by atoms with van der Waals surface area (Å²) in [6.45, 7) is 9.22. The molecule has 4 heteroatoms. The molecule has 2 unspecified atom stereocenters. The van der Waals surface area contributed by atoms with Crippen LogP contribution in [0.15, 0.2) is 24.3 Å². The third-order valence-electron chi connectivity index (χ3n) is 4.66. The van der Waals surface area contributed by atoms with Gasteiger partial charge in [-0.2, -0.15) is 0 Å². The van der Waals surface area contributed by atoms with Crippen LogP contribution in [-0.4, -0.2) is 24.5 Å². The largest absolute Gasteiger partial charge is 0.329 e. The lowest BCUT2D eigenvalue weighted by molar-refractivity contribution is 0.151. The topological polar surface area (TPSA) is 29.3 Å². The van der Waals surface area contributed by atoms with Gasteiger partial charge in [0.1, 0.15) is 0 Å². The van der Waals surface area contributed by atoms with E-state index in [1.165, 1.54) is 6.07 Å². The van der Waals surface area contributed by atoms with Gasteiger partial charge in [0.25, 0.3) is 6.43 Å². The third-order valence-corrected chi connectivity index (χ3v) is 4.66. The molecule has 0 amide bonds.